The van der Waals surface area contributed by atoms with E-state index in [1.165, 1.54) is 45.2 Å². The molecule has 4 nitrogen and oxygen atoms in total. The van der Waals surface area contributed by atoms with Crippen LogP contribution in [0.2, 0.25) is 0 Å². The van der Waals surface area contributed by atoms with Gasteiger partial charge in [-0.3, -0.25) is 9.69 Å². The Labute approximate surface area is 140 Å². The lowest BCUT2D eigenvalue weighted by Gasteiger charge is -2.27. The molecule has 2 saturated heterocycles. The van der Waals surface area contributed by atoms with Crippen LogP contribution in [0.3, 0.4) is 0 Å². The highest BCUT2D eigenvalue weighted by Gasteiger charge is 2.36. The van der Waals surface area contributed by atoms with Gasteiger partial charge >= 0.3 is 0 Å². The van der Waals surface area contributed by atoms with E-state index in [0.717, 1.165) is 50.5 Å². The summed E-state index contributed by atoms with van der Waals surface area (Å²) in [4.78, 5) is 19.5. The summed E-state index contributed by atoms with van der Waals surface area (Å²) >= 11 is 0. The number of hydrogen-bond donors (Lipinski definition) is 0. The van der Waals surface area contributed by atoms with Crippen LogP contribution in [0.15, 0.2) is 12.2 Å². The zero-order valence-electron chi connectivity index (χ0n) is 14.3. The van der Waals surface area contributed by atoms with Gasteiger partial charge in [-0.2, -0.15) is 0 Å². The number of allylic oxidation sites excluding steroid dienone is 2. The minimum Gasteiger partial charge on any atom is -0.342 e. The molecule has 2 heterocycles. The maximum atomic E-state index is 12.3. The Morgan fingerprint density at radius 1 is 0.870 bits per heavy atom. The summed E-state index contributed by atoms with van der Waals surface area (Å²) in [5.41, 5.74) is 0. The third-order valence-electron chi connectivity index (χ3n) is 6.41. The smallest absolute Gasteiger partial charge is 0.236 e. The van der Waals surface area contributed by atoms with E-state index in [1.807, 2.05) is 0 Å². The summed E-state index contributed by atoms with van der Waals surface area (Å²) in [6.07, 6.45) is 11.3. The molecule has 0 aromatic rings. The molecule has 2 bridgehead atoms. The van der Waals surface area contributed by atoms with Gasteiger partial charge in [-0.1, -0.05) is 12.2 Å². The van der Waals surface area contributed by atoms with Gasteiger partial charge in [0.25, 0.3) is 0 Å². The molecule has 23 heavy (non-hydrogen) atoms. The van der Waals surface area contributed by atoms with Gasteiger partial charge in [0.1, 0.15) is 0 Å². The molecule has 0 aromatic carbocycles. The lowest BCUT2D eigenvalue weighted by Crippen LogP contribution is -2.41. The molecule has 3 atom stereocenters. The number of rotatable bonds is 4. The Morgan fingerprint density at radius 3 is 2.39 bits per heavy atom. The van der Waals surface area contributed by atoms with Gasteiger partial charge in [0, 0.05) is 32.7 Å². The van der Waals surface area contributed by atoms with Gasteiger partial charge in [-0.15, -0.1) is 0 Å². The Balaban J connectivity index is 1.23. The van der Waals surface area contributed by atoms with Gasteiger partial charge in [0.15, 0.2) is 0 Å². The van der Waals surface area contributed by atoms with Gasteiger partial charge in [0.05, 0.1) is 6.54 Å². The van der Waals surface area contributed by atoms with Crippen molar-refractivity contribution in [3.05, 3.63) is 12.2 Å². The van der Waals surface area contributed by atoms with Crippen molar-refractivity contribution in [2.24, 2.45) is 17.8 Å². The molecule has 0 spiro atoms. The van der Waals surface area contributed by atoms with Crippen molar-refractivity contribution in [3.63, 3.8) is 0 Å². The number of carbonyl (C=O) groups is 1. The molecule has 2 aliphatic carbocycles. The highest BCUT2D eigenvalue weighted by atomic mass is 16.2. The van der Waals surface area contributed by atoms with Crippen LogP contribution in [-0.2, 0) is 4.79 Å². The second kappa shape index (κ2) is 6.94. The number of carbonyl (C=O) groups excluding carboxylic acids is 1. The summed E-state index contributed by atoms with van der Waals surface area (Å²) < 4.78 is 0. The Bertz CT molecular complexity index is 458. The quantitative estimate of drug-likeness (QED) is 0.740. The Hall–Kier alpha value is -0.870. The highest BCUT2D eigenvalue weighted by Crippen LogP contribution is 2.43. The predicted molar refractivity (Wildman–Crippen MR) is 92.2 cm³/mol. The largest absolute Gasteiger partial charge is 0.342 e. The van der Waals surface area contributed by atoms with Crippen molar-refractivity contribution in [2.75, 3.05) is 52.4 Å². The minimum absolute atomic E-state index is 0.356. The predicted octanol–water partition coefficient (Wildman–Crippen LogP) is 1.83. The molecule has 3 fully saturated rings. The van der Waals surface area contributed by atoms with E-state index >= 15 is 0 Å². The Morgan fingerprint density at radius 2 is 1.65 bits per heavy atom. The molecule has 2 aliphatic heterocycles. The molecule has 4 aliphatic rings. The normalized spacial score (nSPS) is 35.1. The van der Waals surface area contributed by atoms with Crippen LogP contribution in [0.25, 0.3) is 0 Å². The van der Waals surface area contributed by atoms with Crippen molar-refractivity contribution < 1.29 is 4.79 Å². The van der Waals surface area contributed by atoms with Crippen LogP contribution in [-0.4, -0.2) is 73.0 Å². The molecule has 4 rings (SSSR count). The van der Waals surface area contributed by atoms with Crippen LogP contribution >= 0.6 is 0 Å². The summed E-state index contributed by atoms with van der Waals surface area (Å²) in [6, 6.07) is 0. The minimum atomic E-state index is 0.356. The average molecular weight is 317 g/mol. The maximum Gasteiger partial charge on any atom is 0.236 e. The third kappa shape index (κ3) is 3.63. The van der Waals surface area contributed by atoms with Crippen molar-refractivity contribution >= 4 is 5.91 Å². The topological polar surface area (TPSA) is 26.8 Å². The zero-order chi connectivity index (χ0) is 15.6. The van der Waals surface area contributed by atoms with Crippen molar-refractivity contribution in [2.45, 2.75) is 32.1 Å². The molecule has 3 unspecified atom stereocenters. The number of hydrogen-bond acceptors (Lipinski definition) is 3. The number of nitrogens with zero attached hydrogens (tertiary/aromatic N) is 3. The third-order valence-corrected chi connectivity index (χ3v) is 6.41. The van der Waals surface area contributed by atoms with Crippen molar-refractivity contribution in [1.29, 1.82) is 0 Å². The van der Waals surface area contributed by atoms with E-state index < -0.39 is 0 Å². The van der Waals surface area contributed by atoms with Crippen LogP contribution in [0.1, 0.15) is 32.1 Å². The molecule has 0 N–H and O–H groups in total. The van der Waals surface area contributed by atoms with E-state index in [4.69, 9.17) is 0 Å². The maximum absolute atomic E-state index is 12.3. The van der Waals surface area contributed by atoms with Gasteiger partial charge < -0.3 is 9.80 Å². The van der Waals surface area contributed by atoms with Gasteiger partial charge in [0.2, 0.25) is 5.91 Å². The second-order valence-corrected chi connectivity index (χ2v) is 8.06. The standard InChI is InChI=1S/C19H31N3O/c23-19(22-8-1-2-9-22)15-21-7-3-6-20(10-11-21)14-18-13-16-4-5-17(18)12-16/h4-5,16-18H,1-3,6-15H2. The van der Waals surface area contributed by atoms with Crippen LogP contribution < -0.4 is 0 Å². The van der Waals surface area contributed by atoms with E-state index in [0.29, 0.717) is 12.5 Å². The Kier molecular flexibility index (Phi) is 4.72. The molecule has 128 valence electrons. The first-order valence-electron chi connectivity index (χ1n) is 9.69. The fourth-order valence-corrected chi connectivity index (χ4v) is 5.06. The molecule has 0 aromatic heterocycles. The monoisotopic (exact) mass is 317 g/mol. The van der Waals surface area contributed by atoms with Crippen molar-refractivity contribution in [3.8, 4) is 0 Å². The molecule has 1 saturated carbocycles. The second-order valence-electron chi connectivity index (χ2n) is 8.06. The molecule has 4 heteroatoms. The number of fused-ring (bicyclic) bond motifs is 2. The van der Waals surface area contributed by atoms with E-state index in [2.05, 4.69) is 26.9 Å². The lowest BCUT2D eigenvalue weighted by molar-refractivity contribution is -0.131. The molecule has 1 amide bonds. The average Bonchev–Trinajstić information content (AvgIpc) is 3.26. The molecular formula is C19H31N3O. The first kappa shape index (κ1) is 15.6. The first-order chi connectivity index (χ1) is 11.3. The molecule has 0 radical (unpaired) electrons. The van der Waals surface area contributed by atoms with Gasteiger partial charge in [-0.25, -0.2) is 0 Å². The highest BCUT2D eigenvalue weighted by molar-refractivity contribution is 5.78. The first-order valence-corrected chi connectivity index (χ1v) is 9.69. The summed E-state index contributed by atoms with van der Waals surface area (Å²) in [5.74, 6) is 2.99. The fraction of sp³-hybridized carbons (Fsp3) is 0.842. The number of likely N-dealkylation sites (tertiary alicyclic amines) is 1. The fourth-order valence-electron chi connectivity index (χ4n) is 5.06. The van der Waals surface area contributed by atoms with E-state index in [-0.39, 0.29) is 0 Å². The van der Waals surface area contributed by atoms with Gasteiger partial charge in [-0.05, 0) is 62.9 Å². The summed E-state index contributed by atoms with van der Waals surface area (Å²) in [5, 5.41) is 0. The van der Waals surface area contributed by atoms with Crippen LogP contribution in [0, 0.1) is 17.8 Å². The van der Waals surface area contributed by atoms with Crippen LogP contribution in [0.4, 0.5) is 0 Å². The zero-order valence-corrected chi connectivity index (χ0v) is 14.3. The summed E-state index contributed by atoms with van der Waals surface area (Å²) in [6.45, 7) is 8.40. The lowest BCUT2D eigenvalue weighted by atomic mass is 9.93. The SMILES string of the molecule is O=C(CN1CCCN(CC2CC3C=CC2C3)CC1)N1CCCC1. The van der Waals surface area contributed by atoms with Crippen molar-refractivity contribution in [1.82, 2.24) is 14.7 Å². The van der Waals surface area contributed by atoms with E-state index in [1.54, 1.807) is 0 Å². The van der Waals surface area contributed by atoms with Crippen LogP contribution in [0.5, 0.6) is 0 Å². The number of amides is 1. The summed E-state index contributed by atoms with van der Waals surface area (Å²) in [7, 11) is 0. The molecular weight excluding hydrogens is 286 g/mol. The van der Waals surface area contributed by atoms with E-state index in [9.17, 15) is 4.79 Å².